The second-order valence-electron chi connectivity index (χ2n) is 6.67. The molecule has 1 saturated heterocycles. The van der Waals surface area contributed by atoms with E-state index in [-0.39, 0.29) is 23.4 Å². The Labute approximate surface area is 197 Å². The maximum Gasteiger partial charge on any atom is 0.335 e. The van der Waals surface area contributed by atoms with Gasteiger partial charge in [-0.3, -0.25) is 14.9 Å². The van der Waals surface area contributed by atoms with Crippen molar-refractivity contribution >= 4 is 51.5 Å². The molecule has 0 atom stereocenters. The van der Waals surface area contributed by atoms with Crippen LogP contribution < -0.4 is 19.7 Å². The van der Waals surface area contributed by atoms with Crippen LogP contribution in [0.3, 0.4) is 0 Å². The third-order valence-electron chi connectivity index (χ3n) is 4.46. The highest BCUT2D eigenvalue weighted by Gasteiger charge is 2.37. The molecule has 1 aliphatic heterocycles. The minimum absolute atomic E-state index is 0.0116. The summed E-state index contributed by atoms with van der Waals surface area (Å²) in [5.74, 6) is -2.03. The van der Waals surface area contributed by atoms with E-state index in [0.717, 1.165) is 4.90 Å². The number of nitrogens with zero attached hydrogens (tertiary/aromatic N) is 1. The second kappa shape index (κ2) is 10.1. The van der Waals surface area contributed by atoms with Gasteiger partial charge in [0.2, 0.25) is 0 Å². The summed E-state index contributed by atoms with van der Waals surface area (Å²) >= 11 is 3.40. The number of hydrogen-bond donors (Lipinski definition) is 2. The highest BCUT2D eigenvalue weighted by Crippen LogP contribution is 2.38. The van der Waals surface area contributed by atoms with Crippen LogP contribution in [0, 0.1) is 0 Å². The second-order valence-corrected chi connectivity index (χ2v) is 7.53. The third-order valence-corrected chi connectivity index (χ3v) is 5.05. The number of hydrogen-bond acceptors (Lipinski definition) is 6. The van der Waals surface area contributed by atoms with Gasteiger partial charge in [0.25, 0.3) is 11.8 Å². The Morgan fingerprint density at radius 2 is 1.88 bits per heavy atom. The Balaban J connectivity index is 2.00. The van der Waals surface area contributed by atoms with Gasteiger partial charge < -0.3 is 14.6 Å². The first-order valence-corrected chi connectivity index (χ1v) is 10.5. The fourth-order valence-electron chi connectivity index (χ4n) is 3.03. The number of ether oxygens (including phenoxy) is 2. The van der Waals surface area contributed by atoms with E-state index in [2.05, 4.69) is 27.8 Å². The van der Waals surface area contributed by atoms with Gasteiger partial charge in [0.05, 0.1) is 22.3 Å². The van der Waals surface area contributed by atoms with Crippen LogP contribution >= 0.6 is 15.9 Å². The topological polar surface area (TPSA) is 122 Å². The van der Waals surface area contributed by atoms with Crippen molar-refractivity contribution in [2.45, 2.75) is 6.92 Å². The number of benzene rings is 2. The van der Waals surface area contributed by atoms with Crippen molar-refractivity contribution in [1.82, 2.24) is 5.32 Å². The maximum absolute atomic E-state index is 13.1. The fraction of sp³-hybridized carbons (Fsp3) is 0.130. The Kier molecular flexibility index (Phi) is 7.29. The van der Waals surface area contributed by atoms with Gasteiger partial charge in [-0.1, -0.05) is 12.7 Å². The van der Waals surface area contributed by atoms with Crippen LogP contribution in [0.25, 0.3) is 6.08 Å². The summed E-state index contributed by atoms with van der Waals surface area (Å²) in [4.78, 5) is 49.7. The van der Waals surface area contributed by atoms with Crippen molar-refractivity contribution in [2.75, 3.05) is 18.1 Å². The number of carbonyl (C=O) groups is 4. The lowest BCUT2D eigenvalue weighted by Gasteiger charge is -2.26. The summed E-state index contributed by atoms with van der Waals surface area (Å²) in [6.07, 6.45) is 2.91. The number of aromatic carboxylic acids is 1. The molecular weight excluding hydrogens is 496 g/mol. The van der Waals surface area contributed by atoms with Crippen molar-refractivity contribution in [1.29, 1.82) is 0 Å². The predicted molar refractivity (Wildman–Crippen MR) is 123 cm³/mol. The van der Waals surface area contributed by atoms with E-state index in [0.29, 0.717) is 28.1 Å². The Bertz CT molecular complexity index is 1170. The zero-order valence-corrected chi connectivity index (χ0v) is 19.0. The average molecular weight is 515 g/mol. The summed E-state index contributed by atoms with van der Waals surface area (Å²) in [6, 6.07) is 7.43. The van der Waals surface area contributed by atoms with Crippen LogP contribution in [0.2, 0.25) is 0 Å². The smallest absolute Gasteiger partial charge is 0.335 e. The highest BCUT2D eigenvalue weighted by atomic mass is 79.9. The lowest BCUT2D eigenvalue weighted by atomic mass is 10.1. The molecule has 4 amide bonds. The molecule has 1 aliphatic rings. The molecule has 10 heteroatoms. The van der Waals surface area contributed by atoms with E-state index in [1.165, 1.54) is 30.3 Å². The molecule has 2 aromatic carbocycles. The molecule has 2 N–H and O–H groups in total. The number of barbiturate groups is 1. The van der Waals surface area contributed by atoms with E-state index in [1.54, 1.807) is 25.1 Å². The summed E-state index contributed by atoms with van der Waals surface area (Å²) in [7, 11) is 0. The molecule has 0 unspecified atom stereocenters. The number of nitrogens with one attached hydrogen (secondary N) is 1. The van der Waals surface area contributed by atoms with Crippen molar-refractivity contribution in [2.24, 2.45) is 0 Å². The van der Waals surface area contributed by atoms with E-state index < -0.39 is 23.8 Å². The number of anilines is 1. The summed E-state index contributed by atoms with van der Waals surface area (Å²) in [5, 5.41) is 11.2. The first kappa shape index (κ1) is 23.7. The normalized spacial score (nSPS) is 14.8. The Hall–Kier alpha value is -3.92. The lowest BCUT2D eigenvalue weighted by molar-refractivity contribution is -0.122. The zero-order chi connectivity index (χ0) is 24.1. The lowest BCUT2D eigenvalue weighted by Crippen LogP contribution is -2.54. The van der Waals surface area contributed by atoms with E-state index in [4.69, 9.17) is 14.6 Å². The molecule has 33 heavy (non-hydrogen) atoms. The molecule has 0 bridgehead atoms. The van der Waals surface area contributed by atoms with Gasteiger partial charge in [-0.15, -0.1) is 0 Å². The van der Waals surface area contributed by atoms with Gasteiger partial charge in [0.15, 0.2) is 11.5 Å². The predicted octanol–water partition coefficient (Wildman–Crippen LogP) is 3.78. The van der Waals surface area contributed by atoms with E-state index in [1.807, 2.05) is 0 Å². The molecule has 1 fully saturated rings. The molecule has 170 valence electrons. The SMILES string of the molecule is C=CCOc1c(Br)cc(/C=C2\C(=O)NC(=O)N(c3ccc(C(=O)O)cc3)C2=O)cc1OCC. The van der Waals surface area contributed by atoms with Crippen molar-refractivity contribution < 1.29 is 33.8 Å². The number of imide groups is 2. The van der Waals surface area contributed by atoms with Gasteiger partial charge in [0.1, 0.15) is 12.2 Å². The van der Waals surface area contributed by atoms with Gasteiger partial charge in [0, 0.05) is 0 Å². The molecule has 2 aromatic rings. The van der Waals surface area contributed by atoms with Crippen molar-refractivity contribution in [3.8, 4) is 11.5 Å². The maximum atomic E-state index is 13.1. The van der Waals surface area contributed by atoms with Crippen molar-refractivity contribution in [3.63, 3.8) is 0 Å². The van der Waals surface area contributed by atoms with Crippen LogP contribution in [-0.4, -0.2) is 42.1 Å². The minimum Gasteiger partial charge on any atom is -0.490 e. The average Bonchev–Trinajstić information content (AvgIpc) is 2.76. The molecule has 0 radical (unpaired) electrons. The number of rotatable bonds is 8. The van der Waals surface area contributed by atoms with E-state index in [9.17, 15) is 19.2 Å². The number of carboxylic acids is 1. The number of halogens is 1. The zero-order valence-electron chi connectivity index (χ0n) is 17.5. The molecule has 1 heterocycles. The molecule has 0 aliphatic carbocycles. The quantitative estimate of drug-likeness (QED) is 0.312. The van der Waals surface area contributed by atoms with Crippen LogP contribution in [0.4, 0.5) is 10.5 Å². The number of carbonyl (C=O) groups excluding carboxylic acids is 3. The van der Waals surface area contributed by atoms with Gasteiger partial charge in [-0.05, 0) is 70.9 Å². The Morgan fingerprint density at radius 1 is 1.18 bits per heavy atom. The molecule has 0 aromatic heterocycles. The number of carboxylic acid groups (broad SMARTS) is 1. The van der Waals surface area contributed by atoms with Crippen LogP contribution in [0.5, 0.6) is 11.5 Å². The van der Waals surface area contributed by atoms with Crippen LogP contribution in [0.1, 0.15) is 22.8 Å². The molecule has 9 nitrogen and oxygen atoms in total. The summed E-state index contributed by atoms with van der Waals surface area (Å²) < 4.78 is 11.8. The van der Waals surface area contributed by atoms with Gasteiger partial charge >= 0.3 is 12.0 Å². The highest BCUT2D eigenvalue weighted by molar-refractivity contribution is 9.10. The molecule has 3 rings (SSSR count). The first-order chi connectivity index (χ1) is 15.8. The number of amides is 4. The molecule has 0 spiro atoms. The third kappa shape index (κ3) is 5.12. The van der Waals surface area contributed by atoms with Gasteiger partial charge in [-0.2, -0.15) is 0 Å². The molecular formula is C23H19BrN2O7. The Morgan fingerprint density at radius 3 is 2.48 bits per heavy atom. The van der Waals surface area contributed by atoms with Crippen molar-refractivity contribution in [3.05, 3.63) is 70.2 Å². The van der Waals surface area contributed by atoms with Gasteiger partial charge in [-0.25, -0.2) is 14.5 Å². The molecule has 0 saturated carbocycles. The fourth-order valence-corrected chi connectivity index (χ4v) is 3.60. The summed E-state index contributed by atoms with van der Waals surface area (Å²) in [5.41, 5.74) is 0.268. The minimum atomic E-state index is -1.15. The van der Waals surface area contributed by atoms with Crippen LogP contribution in [0.15, 0.2) is 59.1 Å². The van der Waals surface area contributed by atoms with E-state index >= 15 is 0 Å². The monoisotopic (exact) mass is 514 g/mol. The standard InChI is InChI=1S/C23H19BrN2O7/c1-3-9-33-19-17(24)11-13(12-18(19)32-4-2)10-16-20(27)25-23(31)26(21(16)28)15-7-5-14(6-8-15)22(29)30/h3,5-8,10-12H,1,4,9H2,2H3,(H,29,30)(H,25,27,31)/b16-10+. The largest absolute Gasteiger partial charge is 0.490 e. The first-order valence-electron chi connectivity index (χ1n) is 9.71. The summed E-state index contributed by atoms with van der Waals surface area (Å²) in [6.45, 7) is 6.01. The number of urea groups is 1. The van der Waals surface area contributed by atoms with Crippen LogP contribution in [-0.2, 0) is 9.59 Å².